The first-order valence-corrected chi connectivity index (χ1v) is 5.77. The fraction of sp³-hybridized carbons (Fsp3) is 0.385. The molecule has 0 aromatic heterocycles. The molecule has 2 N–H and O–H groups in total. The molecule has 1 unspecified atom stereocenters. The van der Waals surface area contributed by atoms with E-state index in [1.165, 1.54) is 17.0 Å². The quantitative estimate of drug-likeness (QED) is 0.835. The van der Waals surface area contributed by atoms with Crippen LogP contribution in [0.4, 0.5) is 0 Å². The van der Waals surface area contributed by atoms with Crippen molar-refractivity contribution in [3.05, 3.63) is 29.8 Å². The van der Waals surface area contributed by atoms with E-state index in [0.717, 1.165) is 0 Å². The number of carbonyl (C=O) groups is 2. The Morgan fingerprint density at radius 3 is 2.56 bits per heavy atom. The summed E-state index contributed by atoms with van der Waals surface area (Å²) < 4.78 is 0. The maximum Gasteiger partial charge on any atom is 0.323 e. The molecule has 0 bridgehead atoms. The van der Waals surface area contributed by atoms with Crippen molar-refractivity contribution in [1.82, 2.24) is 4.90 Å². The summed E-state index contributed by atoms with van der Waals surface area (Å²) in [5, 5.41) is 18.2. The van der Waals surface area contributed by atoms with Crippen molar-refractivity contribution in [2.75, 3.05) is 6.54 Å². The maximum atomic E-state index is 12.2. The number of aliphatic carboxylic acids is 1. The Balaban J connectivity index is 2.98. The van der Waals surface area contributed by atoms with Gasteiger partial charge in [-0.05, 0) is 31.5 Å². The van der Waals surface area contributed by atoms with Gasteiger partial charge in [0.05, 0.1) is 0 Å². The molecule has 0 heterocycles. The second-order valence-electron chi connectivity index (χ2n) is 4.13. The molecule has 98 valence electrons. The van der Waals surface area contributed by atoms with Gasteiger partial charge in [0.15, 0.2) is 0 Å². The topological polar surface area (TPSA) is 77.8 Å². The van der Waals surface area contributed by atoms with Gasteiger partial charge in [-0.25, -0.2) is 0 Å². The van der Waals surface area contributed by atoms with Crippen LogP contribution in [0.2, 0.25) is 0 Å². The lowest BCUT2D eigenvalue weighted by atomic mass is 10.1. The van der Waals surface area contributed by atoms with E-state index in [2.05, 4.69) is 0 Å². The molecule has 0 saturated heterocycles. The lowest BCUT2D eigenvalue weighted by Crippen LogP contribution is -2.41. The minimum Gasteiger partial charge on any atom is -0.508 e. The molecule has 0 fully saturated rings. The highest BCUT2D eigenvalue weighted by Crippen LogP contribution is 2.15. The van der Waals surface area contributed by atoms with Crippen LogP contribution >= 0.6 is 0 Å². The van der Waals surface area contributed by atoms with E-state index in [1.807, 2.05) is 6.92 Å². The average Bonchev–Trinajstić information content (AvgIpc) is 2.34. The molecule has 1 aromatic rings. The van der Waals surface area contributed by atoms with E-state index in [-0.39, 0.29) is 29.8 Å². The standard InChI is InChI=1S/C13H17NO4/c1-3-9(2)14(8-12(16)17)13(18)10-5-4-6-11(15)7-10/h4-7,9,15H,3,8H2,1-2H3,(H,16,17). The van der Waals surface area contributed by atoms with Crippen molar-refractivity contribution in [3.63, 3.8) is 0 Å². The van der Waals surface area contributed by atoms with Crippen LogP contribution in [0, 0.1) is 0 Å². The average molecular weight is 251 g/mol. The molecular weight excluding hydrogens is 234 g/mol. The Hall–Kier alpha value is -2.04. The van der Waals surface area contributed by atoms with Gasteiger partial charge in [-0.15, -0.1) is 0 Å². The molecule has 0 aliphatic carbocycles. The van der Waals surface area contributed by atoms with Crippen LogP contribution in [0.1, 0.15) is 30.6 Å². The van der Waals surface area contributed by atoms with Gasteiger partial charge in [0.1, 0.15) is 12.3 Å². The van der Waals surface area contributed by atoms with Gasteiger partial charge in [-0.3, -0.25) is 9.59 Å². The molecule has 18 heavy (non-hydrogen) atoms. The first-order valence-electron chi connectivity index (χ1n) is 5.77. The zero-order chi connectivity index (χ0) is 13.7. The lowest BCUT2D eigenvalue weighted by Gasteiger charge is -2.27. The van der Waals surface area contributed by atoms with Crippen molar-refractivity contribution in [3.8, 4) is 5.75 Å². The van der Waals surface area contributed by atoms with Gasteiger partial charge < -0.3 is 15.1 Å². The number of hydrogen-bond donors (Lipinski definition) is 2. The third kappa shape index (κ3) is 3.48. The number of nitrogens with zero attached hydrogens (tertiary/aromatic N) is 1. The summed E-state index contributed by atoms with van der Waals surface area (Å²) in [4.78, 5) is 24.3. The van der Waals surface area contributed by atoms with Crippen LogP contribution in [0.25, 0.3) is 0 Å². The zero-order valence-electron chi connectivity index (χ0n) is 10.5. The number of benzene rings is 1. The number of carboxylic acid groups (broad SMARTS) is 1. The van der Waals surface area contributed by atoms with Gasteiger partial charge in [0.25, 0.3) is 5.91 Å². The predicted molar refractivity (Wildman–Crippen MR) is 66.5 cm³/mol. The number of carbonyl (C=O) groups excluding carboxylic acids is 1. The van der Waals surface area contributed by atoms with E-state index < -0.39 is 5.97 Å². The largest absolute Gasteiger partial charge is 0.508 e. The lowest BCUT2D eigenvalue weighted by molar-refractivity contribution is -0.138. The second kappa shape index (κ2) is 6.05. The third-order valence-corrected chi connectivity index (χ3v) is 2.78. The Kier molecular flexibility index (Phi) is 4.71. The molecule has 1 rings (SSSR count). The summed E-state index contributed by atoms with van der Waals surface area (Å²) >= 11 is 0. The van der Waals surface area contributed by atoms with E-state index in [9.17, 15) is 14.7 Å². The molecule has 0 aliphatic heterocycles. The first kappa shape index (κ1) is 14.0. The molecule has 0 radical (unpaired) electrons. The van der Waals surface area contributed by atoms with Crippen LogP contribution in [-0.2, 0) is 4.79 Å². The van der Waals surface area contributed by atoms with Crippen molar-refractivity contribution in [2.45, 2.75) is 26.3 Å². The van der Waals surface area contributed by atoms with Gasteiger partial charge >= 0.3 is 5.97 Å². The van der Waals surface area contributed by atoms with E-state index in [0.29, 0.717) is 6.42 Å². The van der Waals surface area contributed by atoms with E-state index in [4.69, 9.17) is 5.11 Å². The first-order chi connectivity index (χ1) is 8.45. The number of hydrogen-bond acceptors (Lipinski definition) is 3. The van der Waals surface area contributed by atoms with Gasteiger partial charge in [-0.2, -0.15) is 0 Å². The summed E-state index contributed by atoms with van der Waals surface area (Å²) in [6, 6.07) is 5.73. The smallest absolute Gasteiger partial charge is 0.323 e. The molecule has 0 spiro atoms. The fourth-order valence-electron chi connectivity index (χ4n) is 1.60. The van der Waals surface area contributed by atoms with Crippen LogP contribution < -0.4 is 0 Å². The van der Waals surface area contributed by atoms with E-state index in [1.54, 1.807) is 19.1 Å². The number of phenolic OH excluding ortho intramolecular Hbond substituents is 1. The SMILES string of the molecule is CCC(C)N(CC(=O)O)C(=O)c1cccc(O)c1. The molecule has 0 saturated carbocycles. The van der Waals surface area contributed by atoms with Crippen molar-refractivity contribution < 1.29 is 19.8 Å². The maximum absolute atomic E-state index is 12.2. The fourth-order valence-corrected chi connectivity index (χ4v) is 1.60. The molecule has 0 aliphatic rings. The van der Waals surface area contributed by atoms with E-state index >= 15 is 0 Å². The number of amides is 1. The molecule has 1 aromatic carbocycles. The summed E-state index contributed by atoms with van der Waals surface area (Å²) in [5.74, 6) is -1.45. The Morgan fingerprint density at radius 1 is 1.39 bits per heavy atom. The molecule has 1 amide bonds. The molecule has 1 atom stereocenters. The summed E-state index contributed by atoms with van der Waals surface area (Å²) in [6.07, 6.45) is 0.665. The highest BCUT2D eigenvalue weighted by atomic mass is 16.4. The highest BCUT2D eigenvalue weighted by Gasteiger charge is 2.22. The van der Waals surface area contributed by atoms with Crippen molar-refractivity contribution in [2.24, 2.45) is 0 Å². The number of phenols is 1. The van der Waals surface area contributed by atoms with Gasteiger partial charge in [0.2, 0.25) is 0 Å². The summed E-state index contributed by atoms with van der Waals surface area (Å²) in [7, 11) is 0. The summed E-state index contributed by atoms with van der Waals surface area (Å²) in [6.45, 7) is 3.34. The van der Waals surface area contributed by atoms with Crippen LogP contribution in [0.15, 0.2) is 24.3 Å². The number of rotatable bonds is 5. The highest BCUT2D eigenvalue weighted by molar-refractivity contribution is 5.96. The second-order valence-corrected chi connectivity index (χ2v) is 4.13. The number of aromatic hydroxyl groups is 1. The number of carboxylic acids is 1. The Bertz CT molecular complexity index is 444. The molecular formula is C13H17NO4. The van der Waals surface area contributed by atoms with Crippen LogP contribution in [-0.4, -0.2) is 39.6 Å². The third-order valence-electron chi connectivity index (χ3n) is 2.78. The minimum absolute atomic E-state index is 0.0136. The minimum atomic E-state index is -1.05. The normalized spacial score (nSPS) is 11.9. The summed E-state index contributed by atoms with van der Waals surface area (Å²) in [5.41, 5.74) is 0.288. The molecule has 5 nitrogen and oxygen atoms in total. The predicted octanol–water partition coefficient (Wildman–Crippen LogP) is 1.72. The monoisotopic (exact) mass is 251 g/mol. The van der Waals surface area contributed by atoms with Crippen molar-refractivity contribution >= 4 is 11.9 Å². The Morgan fingerprint density at radius 2 is 2.06 bits per heavy atom. The van der Waals surface area contributed by atoms with Crippen LogP contribution in [0.5, 0.6) is 5.75 Å². The van der Waals surface area contributed by atoms with Crippen LogP contribution in [0.3, 0.4) is 0 Å². The molecule has 5 heteroatoms. The van der Waals surface area contributed by atoms with Crippen molar-refractivity contribution in [1.29, 1.82) is 0 Å². The van der Waals surface area contributed by atoms with Gasteiger partial charge in [-0.1, -0.05) is 13.0 Å². The Labute approximate surface area is 106 Å². The van der Waals surface area contributed by atoms with Gasteiger partial charge in [0, 0.05) is 11.6 Å². The zero-order valence-corrected chi connectivity index (χ0v) is 10.5.